The van der Waals surface area contributed by atoms with Crippen LogP contribution in [-0.4, -0.2) is 35.3 Å². The molecule has 0 aliphatic carbocycles. The summed E-state index contributed by atoms with van der Waals surface area (Å²) in [6.45, 7) is 6.80. The number of para-hydroxylation sites is 2. The van der Waals surface area contributed by atoms with Crippen LogP contribution in [0.15, 0.2) is 24.3 Å². The molecule has 0 radical (unpaired) electrons. The van der Waals surface area contributed by atoms with Gasteiger partial charge >= 0.3 is 5.97 Å². The van der Waals surface area contributed by atoms with Crippen molar-refractivity contribution in [2.24, 2.45) is 5.92 Å². The van der Waals surface area contributed by atoms with E-state index in [1.54, 1.807) is 0 Å². The highest BCUT2D eigenvalue weighted by Gasteiger charge is 2.21. The van der Waals surface area contributed by atoms with Crippen LogP contribution in [0.25, 0.3) is 0 Å². The number of carbonyl (C=O) groups is 1. The summed E-state index contributed by atoms with van der Waals surface area (Å²) in [5.41, 5.74) is 0. The molecule has 0 heterocycles. The average Bonchev–Trinajstić information content (AvgIpc) is 2.39. The Labute approximate surface area is 124 Å². The molecule has 0 aliphatic rings. The maximum Gasteiger partial charge on any atom is 0.316 e. The molecule has 20 heavy (non-hydrogen) atoms. The Morgan fingerprint density at radius 3 is 2.35 bits per heavy atom. The molecule has 1 unspecified atom stereocenters. The minimum absolute atomic E-state index is 0.105. The SMILES string of the molecule is CCOc1ccccc1OCCSC(C(=O)O)C(C)C. The van der Waals surface area contributed by atoms with Crippen molar-refractivity contribution in [3.8, 4) is 11.5 Å². The van der Waals surface area contributed by atoms with Gasteiger partial charge in [-0.25, -0.2) is 0 Å². The number of hydrogen-bond donors (Lipinski definition) is 1. The van der Waals surface area contributed by atoms with E-state index >= 15 is 0 Å². The van der Waals surface area contributed by atoms with Crippen LogP contribution in [0, 0.1) is 5.92 Å². The lowest BCUT2D eigenvalue weighted by atomic mass is 10.1. The van der Waals surface area contributed by atoms with Gasteiger partial charge in [0, 0.05) is 5.75 Å². The van der Waals surface area contributed by atoms with Gasteiger partial charge in [-0.15, -0.1) is 11.8 Å². The Morgan fingerprint density at radius 2 is 1.85 bits per heavy atom. The molecule has 1 aromatic carbocycles. The Balaban J connectivity index is 2.43. The van der Waals surface area contributed by atoms with Crippen LogP contribution in [-0.2, 0) is 4.79 Å². The van der Waals surface area contributed by atoms with E-state index in [1.807, 2.05) is 45.0 Å². The second-order valence-electron chi connectivity index (χ2n) is 4.60. The second-order valence-corrected chi connectivity index (χ2v) is 5.85. The molecule has 5 heteroatoms. The van der Waals surface area contributed by atoms with Gasteiger partial charge in [0.25, 0.3) is 0 Å². The van der Waals surface area contributed by atoms with Crippen molar-refractivity contribution in [2.45, 2.75) is 26.0 Å². The molecule has 0 bridgehead atoms. The quantitative estimate of drug-likeness (QED) is 0.709. The lowest BCUT2D eigenvalue weighted by Gasteiger charge is -2.16. The third kappa shape index (κ3) is 5.33. The molecule has 0 amide bonds. The highest BCUT2D eigenvalue weighted by atomic mass is 32.2. The normalized spacial score (nSPS) is 12.2. The monoisotopic (exact) mass is 298 g/mol. The molecule has 4 nitrogen and oxygen atoms in total. The first-order valence-corrected chi connectivity index (χ1v) is 7.80. The summed E-state index contributed by atoms with van der Waals surface area (Å²) < 4.78 is 11.1. The molecule has 1 rings (SSSR count). The van der Waals surface area contributed by atoms with Gasteiger partial charge in [-0.3, -0.25) is 4.79 Å². The molecular weight excluding hydrogens is 276 g/mol. The number of hydrogen-bond acceptors (Lipinski definition) is 4. The number of benzene rings is 1. The van der Waals surface area contributed by atoms with Crippen LogP contribution in [0.4, 0.5) is 0 Å². The highest BCUT2D eigenvalue weighted by Crippen LogP contribution is 2.27. The maximum absolute atomic E-state index is 11.1. The molecule has 0 saturated carbocycles. The van der Waals surface area contributed by atoms with Crippen molar-refractivity contribution in [3.05, 3.63) is 24.3 Å². The summed E-state index contributed by atoms with van der Waals surface area (Å²) in [5, 5.41) is 8.70. The van der Waals surface area contributed by atoms with Gasteiger partial charge in [-0.05, 0) is 25.0 Å². The van der Waals surface area contributed by atoms with Crippen molar-refractivity contribution in [1.29, 1.82) is 0 Å². The minimum atomic E-state index is -0.764. The van der Waals surface area contributed by atoms with Gasteiger partial charge in [0.2, 0.25) is 0 Å². The number of carboxylic acids is 1. The Bertz CT molecular complexity index is 420. The number of ether oxygens (including phenoxy) is 2. The topological polar surface area (TPSA) is 55.8 Å². The van der Waals surface area contributed by atoms with Crippen LogP contribution < -0.4 is 9.47 Å². The highest BCUT2D eigenvalue weighted by molar-refractivity contribution is 8.00. The lowest BCUT2D eigenvalue weighted by Crippen LogP contribution is -2.23. The molecule has 1 atom stereocenters. The van der Waals surface area contributed by atoms with E-state index in [4.69, 9.17) is 14.6 Å². The van der Waals surface area contributed by atoms with E-state index in [0.29, 0.717) is 24.7 Å². The first-order chi connectivity index (χ1) is 9.56. The molecule has 0 spiro atoms. The molecule has 0 saturated heterocycles. The molecule has 0 aliphatic heterocycles. The molecule has 1 N–H and O–H groups in total. The van der Waals surface area contributed by atoms with Gasteiger partial charge in [-0.2, -0.15) is 0 Å². The maximum atomic E-state index is 11.1. The second kappa shape index (κ2) is 8.74. The Kier molecular flexibility index (Phi) is 7.30. The zero-order valence-corrected chi connectivity index (χ0v) is 13.0. The van der Waals surface area contributed by atoms with Gasteiger partial charge < -0.3 is 14.6 Å². The van der Waals surface area contributed by atoms with Crippen molar-refractivity contribution in [3.63, 3.8) is 0 Å². The summed E-state index contributed by atoms with van der Waals surface area (Å²) in [6.07, 6.45) is 0. The van der Waals surface area contributed by atoms with Crippen molar-refractivity contribution >= 4 is 17.7 Å². The zero-order valence-electron chi connectivity index (χ0n) is 12.2. The van der Waals surface area contributed by atoms with E-state index in [9.17, 15) is 4.79 Å². The van der Waals surface area contributed by atoms with E-state index in [2.05, 4.69) is 0 Å². The minimum Gasteiger partial charge on any atom is -0.490 e. The number of aliphatic carboxylic acids is 1. The molecule has 0 fully saturated rings. The van der Waals surface area contributed by atoms with Crippen LogP contribution in [0.1, 0.15) is 20.8 Å². The van der Waals surface area contributed by atoms with Gasteiger partial charge in [0.05, 0.1) is 13.2 Å². The largest absolute Gasteiger partial charge is 0.490 e. The number of thioether (sulfide) groups is 1. The van der Waals surface area contributed by atoms with Gasteiger partial charge in [-0.1, -0.05) is 26.0 Å². The van der Waals surface area contributed by atoms with Crippen LogP contribution in [0.5, 0.6) is 11.5 Å². The fourth-order valence-electron chi connectivity index (χ4n) is 1.72. The fourth-order valence-corrected chi connectivity index (χ4v) is 2.68. The van der Waals surface area contributed by atoms with Crippen LogP contribution >= 0.6 is 11.8 Å². The third-order valence-corrected chi connectivity index (χ3v) is 4.14. The number of rotatable bonds is 9. The summed E-state index contributed by atoms with van der Waals surface area (Å²) in [4.78, 5) is 11.1. The predicted octanol–water partition coefficient (Wildman–Crippen LogP) is 3.31. The summed E-state index contributed by atoms with van der Waals surface area (Å²) in [7, 11) is 0. The summed E-state index contributed by atoms with van der Waals surface area (Å²) in [5.74, 6) is 1.40. The van der Waals surface area contributed by atoms with E-state index < -0.39 is 5.97 Å². The molecule has 112 valence electrons. The Hall–Kier alpha value is -1.36. The van der Waals surface area contributed by atoms with Crippen molar-refractivity contribution < 1.29 is 19.4 Å². The fraction of sp³-hybridized carbons (Fsp3) is 0.533. The molecule has 0 aromatic heterocycles. The van der Waals surface area contributed by atoms with Gasteiger partial charge in [0.15, 0.2) is 11.5 Å². The molecule has 1 aromatic rings. The van der Waals surface area contributed by atoms with Crippen molar-refractivity contribution in [2.75, 3.05) is 19.0 Å². The van der Waals surface area contributed by atoms with Gasteiger partial charge in [0.1, 0.15) is 5.25 Å². The van der Waals surface area contributed by atoms with Crippen LogP contribution in [0.2, 0.25) is 0 Å². The van der Waals surface area contributed by atoms with Crippen molar-refractivity contribution in [1.82, 2.24) is 0 Å². The summed E-state index contributed by atoms with van der Waals surface area (Å²) >= 11 is 1.41. The van der Waals surface area contributed by atoms with E-state index in [-0.39, 0.29) is 11.2 Å². The lowest BCUT2D eigenvalue weighted by molar-refractivity contribution is -0.137. The van der Waals surface area contributed by atoms with E-state index in [0.717, 1.165) is 5.75 Å². The standard InChI is InChI=1S/C15H22O4S/c1-4-18-12-7-5-6-8-13(12)19-9-10-20-14(11(2)3)15(16)17/h5-8,11,14H,4,9-10H2,1-3H3,(H,16,17). The predicted molar refractivity (Wildman–Crippen MR) is 81.8 cm³/mol. The third-order valence-electron chi connectivity index (χ3n) is 2.64. The summed E-state index contributed by atoms with van der Waals surface area (Å²) in [6, 6.07) is 7.50. The number of carboxylic acid groups (broad SMARTS) is 1. The Morgan fingerprint density at radius 1 is 1.25 bits per heavy atom. The average molecular weight is 298 g/mol. The molecular formula is C15H22O4S. The first-order valence-electron chi connectivity index (χ1n) is 6.75. The zero-order chi connectivity index (χ0) is 15.0. The first kappa shape index (κ1) is 16.7. The van der Waals surface area contributed by atoms with Crippen LogP contribution in [0.3, 0.4) is 0 Å². The smallest absolute Gasteiger partial charge is 0.316 e. The van der Waals surface area contributed by atoms with E-state index in [1.165, 1.54) is 11.8 Å².